The molecule has 19 heavy (non-hydrogen) atoms. The highest BCUT2D eigenvalue weighted by Gasteiger charge is 2.30. The second kappa shape index (κ2) is 6.00. The van der Waals surface area contributed by atoms with Gasteiger partial charge in [-0.25, -0.2) is 8.42 Å². The van der Waals surface area contributed by atoms with E-state index in [2.05, 4.69) is 15.5 Å². The van der Waals surface area contributed by atoms with Crippen molar-refractivity contribution in [2.75, 3.05) is 12.8 Å². The van der Waals surface area contributed by atoms with Crippen LogP contribution in [0.4, 0.5) is 0 Å². The molecule has 1 aromatic rings. The summed E-state index contributed by atoms with van der Waals surface area (Å²) in [5.41, 5.74) is 0. The van der Waals surface area contributed by atoms with Gasteiger partial charge in [-0.1, -0.05) is 11.6 Å². The number of likely N-dealkylation sites (N-methyl/N-ethyl adjacent to an activating group) is 1. The molecule has 2 rings (SSSR count). The summed E-state index contributed by atoms with van der Waals surface area (Å²) in [6.07, 6.45) is 3.47. The van der Waals surface area contributed by atoms with E-state index < -0.39 is 9.84 Å². The molecule has 1 saturated heterocycles. The predicted octanol–water partition coefficient (Wildman–Crippen LogP) is 0.730. The van der Waals surface area contributed by atoms with E-state index in [4.69, 9.17) is 4.52 Å². The van der Waals surface area contributed by atoms with Gasteiger partial charge in [0.1, 0.15) is 0 Å². The fourth-order valence-electron chi connectivity index (χ4n) is 2.27. The summed E-state index contributed by atoms with van der Waals surface area (Å²) in [5.74, 6) is 1.36. The summed E-state index contributed by atoms with van der Waals surface area (Å²) < 4.78 is 29.0. The van der Waals surface area contributed by atoms with E-state index >= 15 is 0 Å². The van der Waals surface area contributed by atoms with Gasteiger partial charge >= 0.3 is 0 Å². The van der Waals surface area contributed by atoms with Gasteiger partial charge in [-0.2, -0.15) is 4.98 Å². The number of nitrogens with one attached hydrogen (secondary N) is 1. The first-order valence-electron chi connectivity index (χ1n) is 6.71. The Hall–Kier alpha value is -0.950. The molecule has 2 heterocycles. The third-order valence-corrected chi connectivity index (χ3v) is 5.88. The van der Waals surface area contributed by atoms with Gasteiger partial charge in [0, 0.05) is 18.9 Å². The van der Waals surface area contributed by atoms with Gasteiger partial charge in [-0.15, -0.1) is 0 Å². The van der Waals surface area contributed by atoms with Crippen LogP contribution in [0.3, 0.4) is 0 Å². The van der Waals surface area contributed by atoms with E-state index in [-0.39, 0.29) is 11.3 Å². The summed E-state index contributed by atoms with van der Waals surface area (Å²) >= 11 is 0. The molecule has 0 spiro atoms. The lowest BCUT2D eigenvalue weighted by atomic mass is 10.1. The van der Waals surface area contributed by atoms with Gasteiger partial charge in [0.05, 0.1) is 11.0 Å². The maximum absolute atomic E-state index is 11.9. The molecule has 0 amide bonds. The standard InChI is InChI=1S/C12H21N3O3S/c1-9(13-2)7-12-14-11(15-18-12)8-10-5-3-4-6-19(10,16)17/h9-10,13H,3-8H2,1-2H3. The molecular weight excluding hydrogens is 266 g/mol. The molecule has 2 atom stereocenters. The first kappa shape index (κ1) is 14.5. The fourth-order valence-corrected chi connectivity index (χ4v) is 4.14. The molecule has 1 aromatic heterocycles. The van der Waals surface area contributed by atoms with Crippen molar-refractivity contribution in [2.45, 2.75) is 50.3 Å². The van der Waals surface area contributed by atoms with Crippen molar-refractivity contribution in [3.63, 3.8) is 0 Å². The topological polar surface area (TPSA) is 85.1 Å². The van der Waals surface area contributed by atoms with E-state index in [1.807, 2.05) is 14.0 Å². The van der Waals surface area contributed by atoms with Crippen molar-refractivity contribution in [3.8, 4) is 0 Å². The summed E-state index contributed by atoms with van der Waals surface area (Å²) in [5, 5.41) is 6.64. The number of nitrogens with zero attached hydrogens (tertiary/aromatic N) is 2. The lowest BCUT2D eigenvalue weighted by Crippen LogP contribution is -2.30. The van der Waals surface area contributed by atoms with Crippen molar-refractivity contribution in [2.24, 2.45) is 0 Å². The molecule has 1 aliphatic heterocycles. The zero-order chi connectivity index (χ0) is 13.9. The van der Waals surface area contributed by atoms with Crippen LogP contribution >= 0.6 is 0 Å². The Balaban J connectivity index is 1.99. The zero-order valence-electron chi connectivity index (χ0n) is 11.4. The lowest BCUT2D eigenvalue weighted by Gasteiger charge is -2.20. The van der Waals surface area contributed by atoms with E-state index in [1.54, 1.807) is 0 Å². The van der Waals surface area contributed by atoms with Crippen molar-refractivity contribution >= 4 is 9.84 Å². The lowest BCUT2D eigenvalue weighted by molar-refractivity contribution is 0.360. The number of aromatic nitrogens is 2. The van der Waals surface area contributed by atoms with Crippen molar-refractivity contribution in [1.82, 2.24) is 15.5 Å². The van der Waals surface area contributed by atoms with Crippen LogP contribution < -0.4 is 5.32 Å². The first-order valence-corrected chi connectivity index (χ1v) is 8.43. The van der Waals surface area contributed by atoms with Gasteiger partial charge in [-0.05, 0) is 26.8 Å². The molecule has 1 aliphatic rings. The second-order valence-corrected chi connectivity index (χ2v) is 7.59. The van der Waals surface area contributed by atoms with Gasteiger partial charge in [0.15, 0.2) is 15.7 Å². The van der Waals surface area contributed by atoms with Crippen LogP contribution in [-0.2, 0) is 22.7 Å². The molecule has 108 valence electrons. The largest absolute Gasteiger partial charge is 0.339 e. The molecule has 7 heteroatoms. The third-order valence-electron chi connectivity index (χ3n) is 3.61. The molecule has 0 aliphatic carbocycles. The average Bonchev–Trinajstić information content (AvgIpc) is 2.79. The van der Waals surface area contributed by atoms with Crippen LogP contribution in [0, 0.1) is 0 Å². The maximum Gasteiger partial charge on any atom is 0.228 e. The molecule has 6 nitrogen and oxygen atoms in total. The Bertz CT molecular complexity index is 512. The Morgan fingerprint density at radius 3 is 2.95 bits per heavy atom. The minimum atomic E-state index is -2.97. The maximum atomic E-state index is 11.9. The highest BCUT2D eigenvalue weighted by Crippen LogP contribution is 2.22. The fraction of sp³-hybridized carbons (Fsp3) is 0.833. The Kier molecular flexibility index (Phi) is 4.57. The molecule has 0 bridgehead atoms. The Labute approximate surface area is 113 Å². The van der Waals surface area contributed by atoms with Gasteiger partial charge in [0.2, 0.25) is 5.89 Å². The van der Waals surface area contributed by atoms with Crippen LogP contribution in [0.15, 0.2) is 4.52 Å². The number of hydrogen-bond acceptors (Lipinski definition) is 6. The van der Waals surface area contributed by atoms with Crippen molar-refractivity contribution in [3.05, 3.63) is 11.7 Å². The second-order valence-electron chi connectivity index (χ2n) is 5.19. The number of hydrogen-bond donors (Lipinski definition) is 1. The minimum absolute atomic E-state index is 0.256. The predicted molar refractivity (Wildman–Crippen MR) is 71.7 cm³/mol. The van der Waals surface area contributed by atoms with Crippen LogP contribution in [0.1, 0.15) is 37.9 Å². The van der Waals surface area contributed by atoms with Crippen molar-refractivity contribution in [1.29, 1.82) is 0 Å². The normalized spacial score (nSPS) is 24.2. The number of rotatable bonds is 5. The molecule has 0 radical (unpaired) electrons. The van der Waals surface area contributed by atoms with Gasteiger partial charge in [0.25, 0.3) is 0 Å². The molecule has 0 aromatic carbocycles. The Morgan fingerprint density at radius 1 is 1.47 bits per heavy atom. The summed E-state index contributed by atoms with van der Waals surface area (Å²) in [6.45, 7) is 2.02. The molecule has 2 unspecified atom stereocenters. The average molecular weight is 287 g/mol. The quantitative estimate of drug-likeness (QED) is 0.859. The highest BCUT2D eigenvalue weighted by atomic mass is 32.2. The van der Waals surface area contributed by atoms with E-state index in [0.717, 1.165) is 12.8 Å². The monoisotopic (exact) mass is 287 g/mol. The summed E-state index contributed by atoms with van der Waals surface area (Å²) in [4.78, 5) is 4.28. The SMILES string of the molecule is CNC(C)Cc1nc(CC2CCCCS2(=O)=O)no1. The van der Waals surface area contributed by atoms with Crippen LogP contribution in [0.25, 0.3) is 0 Å². The van der Waals surface area contributed by atoms with E-state index in [9.17, 15) is 8.42 Å². The smallest absolute Gasteiger partial charge is 0.228 e. The minimum Gasteiger partial charge on any atom is -0.339 e. The van der Waals surface area contributed by atoms with E-state index in [0.29, 0.717) is 36.7 Å². The summed E-state index contributed by atoms with van der Waals surface area (Å²) in [6, 6.07) is 0.256. The van der Waals surface area contributed by atoms with Gasteiger partial charge < -0.3 is 9.84 Å². The van der Waals surface area contributed by atoms with E-state index in [1.165, 1.54) is 0 Å². The van der Waals surface area contributed by atoms with Crippen LogP contribution in [0.2, 0.25) is 0 Å². The van der Waals surface area contributed by atoms with Crippen molar-refractivity contribution < 1.29 is 12.9 Å². The molecule has 0 saturated carbocycles. The zero-order valence-corrected chi connectivity index (χ0v) is 12.2. The van der Waals surface area contributed by atoms with Gasteiger partial charge in [-0.3, -0.25) is 0 Å². The summed E-state index contributed by atoms with van der Waals surface area (Å²) in [7, 11) is -1.10. The highest BCUT2D eigenvalue weighted by molar-refractivity contribution is 7.92. The Morgan fingerprint density at radius 2 is 2.26 bits per heavy atom. The third kappa shape index (κ3) is 3.76. The van der Waals surface area contributed by atoms with Crippen LogP contribution in [-0.4, -0.2) is 42.7 Å². The molecule has 1 N–H and O–H groups in total. The number of sulfone groups is 1. The first-order chi connectivity index (χ1) is 9.01. The molecule has 1 fully saturated rings. The molecular formula is C12H21N3O3S. The van der Waals surface area contributed by atoms with Crippen LogP contribution in [0.5, 0.6) is 0 Å².